The normalized spacial score (nSPS) is 11.1. The number of para-hydroxylation sites is 2. The highest BCUT2D eigenvalue weighted by Gasteiger charge is 2.22. The van der Waals surface area contributed by atoms with Crippen LogP contribution in [0, 0.1) is 0 Å². The molecule has 0 atom stereocenters. The molecule has 0 aliphatic heterocycles. The van der Waals surface area contributed by atoms with Gasteiger partial charge < -0.3 is 9.47 Å². The molecule has 2 amide bonds. The molecule has 0 aliphatic rings. The van der Waals surface area contributed by atoms with Crippen molar-refractivity contribution in [2.45, 2.75) is 25.2 Å². The van der Waals surface area contributed by atoms with Crippen molar-refractivity contribution in [3.05, 3.63) is 54.1 Å². The second kappa shape index (κ2) is 11.3. The number of methoxy groups -OCH3 is 1. The zero-order chi connectivity index (χ0) is 22.9. The van der Waals surface area contributed by atoms with Crippen LogP contribution in [0.25, 0.3) is 0 Å². The van der Waals surface area contributed by atoms with Gasteiger partial charge in [-0.05, 0) is 30.3 Å². The van der Waals surface area contributed by atoms with Crippen molar-refractivity contribution in [3.8, 4) is 11.5 Å². The molecule has 9 nitrogen and oxygen atoms in total. The van der Waals surface area contributed by atoms with Crippen molar-refractivity contribution >= 4 is 21.8 Å². The summed E-state index contributed by atoms with van der Waals surface area (Å²) < 4.78 is 37.2. The first-order valence-electron chi connectivity index (χ1n) is 9.78. The summed E-state index contributed by atoms with van der Waals surface area (Å²) in [6, 6.07) is 12.7. The van der Waals surface area contributed by atoms with Gasteiger partial charge in [-0.15, -0.1) is 0 Å². The number of ether oxygens (including phenoxy) is 2. The molecule has 0 radical (unpaired) electrons. The van der Waals surface area contributed by atoms with E-state index in [4.69, 9.17) is 9.47 Å². The lowest BCUT2D eigenvalue weighted by atomic mass is 10.2. The number of amides is 2. The SMILES string of the molecule is CCN(CC)S(=O)(=O)c1cccc(C(=O)NNC(=O)CCOc2ccccc2OC)c1. The van der Waals surface area contributed by atoms with Crippen LogP contribution in [0.2, 0.25) is 0 Å². The van der Waals surface area contributed by atoms with Crippen molar-refractivity contribution < 1.29 is 27.5 Å². The fourth-order valence-electron chi connectivity index (χ4n) is 2.76. The minimum Gasteiger partial charge on any atom is -0.493 e. The van der Waals surface area contributed by atoms with Gasteiger partial charge in [-0.25, -0.2) is 8.42 Å². The Morgan fingerprint density at radius 1 is 0.968 bits per heavy atom. The molecule has 0 heterocycles. The minimum absolute atomic E-state index is 0.00525. The first-order chi connectivity index (χ1) is 14.8. The number of carbonyl (C=O) groups excluding carboxylic acids is 2. The third-order valence-corrected chi connectivity index (χ3v) is 6.46. The highest BCUT2D eigenvalue weighted by atomic mass is 32.2. The van der Waals surface area contributed by atoms with Gasteiger partial charge in [0.15, 0.2) is 11.5 Å². The summed E-state index contributed by atoms with van der Waals surface area (Å²) in [5.41, 5.74) is 4.68. The second-order valence-corrected chi connectivity index (χ2v) is 8.31. The maximum absolute atomic E-state index is 12.6. The van der Waals surface area contributed by atoms with Crippen LogP contribution in [-0.2, 0) is 14.8 Å². The molecule has 0 spiro atoms. The molecule has 2 aromatic rings. The van der Waals surface area contributed by atoms with Crippen LogP contribution < -0.4 is 20.3 Å². The molecule has 31 heavy (non-hydrogen) atoms. The van der Waals surface area contributed by atoms with Gasteiger partial charge in [-0.2, -0.15) is 4.31 Å². The number of hydrazine groups is 1. The Bertz CT molecular complexity index is 1010. The van der Waals surface area contributed by atoms with Crippen LogP contribution in [0.4, 0.5) is 0 Å². The maximum atomic E-state index is 12.6. The van der Waals surface area contributed by atoms with E-state index in [9.17, 15) is 18.0 Å². The predicted molar refractivity (Wildman–Crippen MR) is 115 cm³/mol. The summed E-state index contributed by atoms with van der Waals surface area (Å²) in [6.45, 7) is 4.21. The summed E-state index contributed by atoms with van der Waals surface area (Å²) in [5.74, 6) is -0.0328. The number of carbonyl (C=O) groups is 2. The molecule has 0 saturated heterocycles. The molecule has 0 bridgehead atoms. The van der Waals surface area contributed by atoms with E-state index in [1.54, 1.807) is 38.1 Å². The van der Waals surface area contributed by atoms with E-state index in [1.165, 1.54) is 35.7 Å². The van der Waals surface area contributed by atoms with E-state index < -0.39 is 21.8 Å². The number of hydrogen-bond donors (Lipinski definition) is 2. The summed E-state index contributed by atoms with van der Waals surface area (Å²) in [5, 5.41) is 0. The Balaban J connectivity index is 1.90. The Morgan fingerprint density at radius 3 is 2.29 bits per heavy atom. The van der Waals surface area contributed by atoms with E-state index in [0.717, 1.165) is 0 Å². The first kappa shape index (κ1) is 24.2. The molecule has 2 aromatic carbocycles. The first-order valence-corrected chi connectivity index (χ1v) is 11.2. The topological polar surface area (TPSA) is 114 Å². The molecule has 0 fully saturated rings. The fraction of sp³-hybridized carbons (Fsp3) is 0.333. The Labute approximate surface area is 182 Å². The van der Waals surface area contributed by atoms with Crippen LogP contribution >= 0.6 is 0 Å². The number of sulfonamides is 1. The van der Waals surface area contributed by atoms with Crippen LogP contribution in [0.15, 0.2) is 53.4 Å². The Morgan fingerprint density at radius 2 is 1.65 bits per heavy atom. The standard InChI is InChI=1S/C21H27N3O6S/c1-4-24(5-2)31(27,28)17-10-8-9-16(15-17)21(26)23-22-20(25)13-14-30-19-12-7-6-11-18(19)29-3/h6-12,15H,4-5,13-14H2,1-3H3,(H,22,25)(H,23,26). The largest absolute Gasteiger partial charge is 0.493 e. The van der Waals surface area contributed by atoms with E-state index in [1.807, 2.05) is 0 Å². The molecule has 0 aromatic heterocycles. The lowest BCUT2D eigenvalue weighted by Crippen LogP contribution is -2.42. The van der Waals surface area contributed by atoms with Crippen molar-refractivity contribution in [2.75, 3.05) is 26.8 Å². The van der Waals surface area contributed by atoms with Gasteiger partial charge in [-0.3, -0.25) is 20.4 Å². The number of nitrogens with one attached hydrogen (secondary N) is 2. The average molecular weight is 450 g/mol. The van der Waals surface area contributed by atoms with Gasteiger partial charge in [0, 0.05) is 18.7 Å². The molecule has 2 rings (SSSR count). The molecular formula is C21H27N3O6S. The molecule has 0 aliphatic carbocycles. The van der Waals surface area contributed by atoms with E-state index in [0.29, 0.717) is 24.6 Å². The lowest BCUT2D eigenvalue weighted by molar-refractivity contribution is -0.122. The third-order valence-electron chi connectivity index (χ3n) is 4.41. The number of rotatable bonds is 10. The van der Waals surface area contributed by atoms with Gasteiger partial charge >= 0.3 is 0 Å². The molecule has 0 saturated carbocycles. The van der Waals surface area contributed by atoms with E-state index in [-0.39, 0.29) is 23.5 Å². The fourth-order valence-corrected chi connectivity index (χ4v) is 4.27. The highest BCUT2D eigenvalue weighted by molar-refractivity contribution is 7.89. The highest BCUT2D eigenvalue weighted by Crippen LogP contribution is 2.25. The zero-order valence-electron chi connectivity index (χ0n) is 17.8. The lowest BCUT2D eigenvalue weighted by Gasteiger charge is -2.18. The van der Waals surface area contributed by atoms with E-state index >= 15 is 0 Å². The van der Waals surface area contributed by atoms with Crippen molar-refractivity contribution in [2.24, 2.45) is 0 Å². The van der Waals surface area contributed by atoms with Gasteiger partial charge in [0.25, 0.3) is 5.91 Å². The second-order valence-electron chi connectivity index (χ2n) is 6.37. The molecule has 10 heteroatoms. The predicted octanol–water partition coefficient (Wildman–Crippen LogP) is 1.96. The zero-order valence-corrected chi connectivity index (χ0v) is 18.6. The third kappa shape index (κ3) is 6.43. The molecule has 168 valence electrons. The van der Waals surface area contributed by atoms with Crippen LogP contribution in [0.3, 0.4) is 0 Å². The van der Waals surface area contributed by atoms with Crippen LogP contribution in [-0.4, -0.2) is 51.3 Å². The molecule has 0 unspecified atom stereocenters. The summed E-state index contributed by atoms with van der Waals surface area (Å²) >= 11 is 0. The average Bonchev–Trinajstić information content (AvgIpc) is 2.78. The van der Waals surface area contributed by atoms with E-state index in [2.05, 4.69) is 10.9 Å². The smallest absolute Gasteiger partial charge is 0.269 e. The minimum atomic E-state index is -3.69. The summed E-state index contributed by atoms with van der Waals surface area (Å²) in [6.07, 6.45) is -0.00525. The van der Waals surface area contributed by atoms with Gasteiger partial charge in [0.2, 0.25) is 15.9 Å². The number of nitrogens with zero attached hydrogens (tertiary/aromatic N) is 1. The van der Waals surface area contributed by atoms with Gasteiger partial charge in [-0.1, -0.05) is 32.0 Å². The number of hydrogen-bond acceptors (Lipinski definition) is 6. The van der Waals surface area contributed by atoms with Crippen molar-refractivity contribution in [1.29, 1.82) is 0 Å². The van der Waals surface area contributed by atoms with Gasteiger partial charge in [0.05, 0.1) is 25.0 Å². The van der Waals surface area contributed by atoms with Crippen molar-refractivity contribution in [3.63, 3.8) is 0 Å². The number of benzene rings is 2. The molecule has 2 N–H and O–H groups in total. The summed E-state index contributed by atoms with van der Waals surface area (Å²) in [7, 11) is -2.17. The summed E-state index contributed by atoms with van der Waals surface area (Å²) in [4.78, 5) is 24.3. The quantitative estimate of drug-likeness (QED) is 0.536. The maximum Gasteiger partial charge on any atom is 0.269 e. The Hall–Kier alpha value is -3.11. The Kier molecular flexibility index (Phi) is 8.83. The molecular weight excluding hydrogens is 422 g/mol. The van der Waals surface area contributed by atoms with Crippen LogP contribution in [0.1, 0.15) is 30.6 Å². The van der Waals surface area contributed by atoms with Crippen molar-refractivity contribution in [1.82, 2.24) is 15.2 Å². The van der Waals surface area contributed by atoms with Gasteiger partial charge in [0.1, 0.15) is 0 Å². The monoisotopic (exact) mass is 449 g/mol. The van der Waals surface area contributed by atoms with Crippen LogP contribution in [0.5, 0.6) is 11.5 Å².